The van der Waals surface area contributed by atoms with E-state index in [2.05, 4.69) is 31.2 Å². The van der Waals surface area contributed by atoms with Crippen molar-refractivity contribution in [3.63, 3.8) is 0 Å². The van der Waals surface area contributed by atoms with Gasteiger partial charge in [-0.25, -0.2) is 0 Å². The number of methoxy groups -OCH3 is 1. The third-order valence-corrected chi connectivity index (χ3v) is 3.26. The fourth-order valence-electron chi connectivity index (χ4n) is 2.22. The number of ether oxygens (including phenoxy) is 1. The maximum atomic E-state index is 5.43. The van der Waals surface area contributed by atoms with Gasteiger partial charge in [0.15, 0.2) is 0 Å². The lowest BCUT2D eigenvalue weighted by molar-refractivity contribution is 0.408. The molecule has 2 rings (SSSR count). The Kier molecular flexibility index (Phi) is 4.32. The zero-order chi connectivity index (χ0) is 14.5. The minimum Gasteiger partial charge on any atom is -0.496 e. The average Bonchev–Trinajstić information content (AvgIpc) is 2.47. The summed E-state index contributed by atoms with van der Waals surface area (Å²) in [5, 5.41) is 3.46. The van der Waals surface area contributed by atoms with Gasteiger partial charge in [-0.15, -0.1) is 6.42 Å². The minimum atomic E-state index is 0.137. The lowest BCUT2D eigenvalue weighted by Gasteiger charge is -2.19. The number of anilines is 1. The van der Waals surface area contributed by atoms with Gasteiger partial charge in [0.2, 0.25) is 0 Å². The molecule has 102 valence electrons. The number of nitrogens with one attached hydrogen (secondary N) is 1. The summed E-state index contributed by atoms with van der Waals surface area (Å²) in [6, 6.07) is 14.2. The maximum Gasteiger partial charge on any atom is 0.124 e. The summed E-state index contributed by atoms with van der Waals surface area (Å²) in [6.45, 7) is 4.19. The number of rotatable bonds is 4. The predicted octanol–water partition coefficient (Wildman–Crippen LogP) is 4.16. The first kappa shape index (κ1) is 14.0. The molecule has 0 spiro atoms. The molecule has 20 heavy (non-hydrogen) atoms. The van der Waals surface area contributed by atoms with Crippen LogP contribution in [0.4, 0.5) is 5.69 Å². The SMILES string of the molecule is C#Cc1cccc(NC(C)c2cc(C)ccc2OC)c1. The van der Waals surface area contributed by atoms with E-state index in [-0.39, 0.29) is 6.04 Å². The molecule has 0 fully saturated rings. The molecule has 0 saturated carbocycles. The lowest BCUT2D eigenvalue weighted by Crippen LogP contribution is -2.08. The highest BCUT2D eigenvalue weighted by molar-refractivity contribution is 5.52. The lowest BCUT2D eigenvalue weighted by atomic mass is 10.0. The zero-order valence-corrected chi connectivity index (χ0v) is 12.1. The van der Waals surface area contributed by atoms with Crippen LogP contribution in [0.25, 0.3) is 0 Å². The third-order valence-electron chi connectivity index (χ3n) is 3.26. The number of terminal acetylenes is 1. The highest BCUT2D eigenvalue weighted by Crippen LogP contribution is 2.28. The Morgan fingerprint density at radius 3 is 2.70 bits per heavy atom. The highest BCUT2D eigenvalue weighted by atomic mass is 16.5. The van der Waals surface area contributed by atoms with Gasteiger partial charge in [0, 0.05) is 16.8 Å². The smallest absolute Gasteiger partial charge is 0.124 e. The van der Waals surface area contributed by atoms with Crippen LogP contribution in [0, 0.1) is 19.3 Å². The van der Waals surface area contributed by atoms with Gasteiger partial charge >= 0.3 is 0 Å². The summed E-state index contributed by atoms with van der Waals surface area (Å²) in [4.78, 5) is 0. The summed E-state index contributed by atoms with van der Waals surface area (Å²) in [5.74, 6) is 3.54. The summed E-state index contributed by atoms with van der Waals surface area (Å²) in [7, 11) is 1.69. The molecular weight excluding hydrogens is 246 g/mol. The minimum absolute atomic E-state index is 0.137. The van der Waals surface area contributed by atoms with Crippen molar-refractivity contribution in [3.05, 3.63) is 59.2 Å². The molecule has 0 aliphatic rings. The van der Waals surface area contributed by atoms with E-state index in [1.165, 1.54) is 5.56 Å². The van der Waals surface area contributed by atoms with Gasteiger partial charge in [0.25, 0.3) is 0 Å². The molecule has 2 aromatic carbocycles. The summed E-state index contributed by atoms with van der Waals surface area (Å²) in [6.07, 6.45) is 5.43. The molecule has 0 heterocycles. The zero-order valence-electron chi connectivity index (χ0n) is 12.1. The van der Waals surface area contributed by atoms with Gasteiger partial charge in [-0.2, -0.15) is 0 Å². The number of benzene rings is 2. The van der Waals surface area contributed by atoms with E-state index in [1.54, 1.807) is 7.11 Å². The van der Waals surface area contributed by atoms with Crippen molar-refractivity contribution in [2.24, 2.45) is 0 Å². The van der Waals surface area contributed by atoms with Crippen LogP contribution in [0.3, 0.4) is 0 Å². The van der Waals surface area contributed by atoms with Gasteiger partial charge in [-0.05, 0) is 38.1 Å². The molecule has 2 aromatic rings. The molecule has 0 aliphatic heterocycles. The van der Waals surface area contributed by atoms with E-state index in [9.17, 15) is 0 Å². The van der Waals surface area contributed by atoms with Crippen molar-refractivity contribution >= 4 is 5.69 Å². The van der Waals surface area contributed by atoms with Crippen molar-refractivity contribution in [2.45, 2.75) is 19.9 Å². The molecule has 0 aliphatic carbocycles. The molecule has 2 nitrogen and oxygen atoms in total. The topological polar surface area (TPSA) is 21.3 Å². The fourth-order valence-corrected chi connectivity index (χ4v) is 2.22. The summed E-state index contributed by atoms with van der Waals surface area (Å²) >= 11 is 0. The van der Waals surface area contributed by atoms with Crippen molar-refractivity contribution in [3.8, 4) is 18.1 Å². The van der Waals surface area contributed by atoms with Gasteiger partial charge < -0.3 is 10.1 Å². The molecule has 0 aromatic heterocycles. The largest absolute Gasteiger partial charge is 0.496 e. The van der Waals surface area contributed by atoms with E-state index >= 15 is 0 Å². The van der Waals surface area contributed by atoms with Crippen molar-refractivity contribution < 1.29 is 4.74 Å². The van der Waals surface area contributed by atoms with Gasteiger partial charge in [0.1, 0.15) is 5.75 Å². The second-order valence-electron chi connectivity index (χ2n) is 4.84. The Labute approximate surface area is 120 Å². The maximum absolute atomic E-state index is 5.43. The highest BCUT2D eigenvalue weighted by Gasteiger charge is 2.11. The molecule has 1 unspecified atom stereocenters. The quantitative estimate of drug-likeness (QED) is 0.838. The predicted molar refractivity (Wildman–Crippen MR) is 84.1 cm³/mol. The monoisotopic (exact) mass is 265 g/mol. The third kappa shape index (κ3) is 3.13. The number of aryl methyl sites for hydroxylation is 1. The van der Waals surface area contributed by atoms with E-state index in [1.807, 2.05) is 36.4 Å². The van der Waals surface area contributed by atoms with Crippen LogP contribution in [0.2, 0.25) is 0 Å². The molecule has 2 heteroatoms. The van der Waals surface area contributed by atoms with E-state index < -0.39 is 0 Å². The Balaban J connectivity index is 2.25. The van der Waals surface area contributed by atoms with Crippen LogP contribution in [0.1, 0.15) is 29.7 Å². The Hall–Kier alpha value is -2.40. The first-order valence-corrected chi connectivity index (χ1v) is 6.62. The Morgan fingerprint density at radius 1 is 1.20 bits per heavy atom. The van der Waals surface area contributed by atoms with Crippen LogP contribution in [-0.2, 0) is 0 Å². The van der Waals surface area contributed by atoms with Gasteiger partial charge in [-0.1, -0.05) is 29.7 Å². The molecular formula is C18H19NO. The van der Waals surface area contributed by atoms with Gasteiger partial charge in [-0.3, -0.25) is 0 Å². The normalized spacial score (nSPS) is 11.5. The average molecular weight is 265 g/mol. The van der Waals surface area contributed by atoms with Gasteiger partial charge in [0.05, 0.1) is 13.2 Å². The Morgan fingerprint density at radius 2 is 2.00 bits per heavy atom. The van der Waals surface area contributed by atoms with E-state index in [0.29, 0.717) is 0 Å². The molecule has 1 N–H and O–H groups in total. The van der Waals surface area contributed by atoms with E-state index in [4.69, 9.17) is 11.2 Å². The first-order valence-electron chi connectivity index (χ1n) is 6.62. The standard InChI is InChI=1S/C18H19NO/c1-5-15-7-6-8-16(12-15)19-14(3)17-11-13(2)9-10-18(17)20-4/h1,6-12,14,19H,2-4H3. The van der Waals surface area contributed by atoms with Crippen molar-refractivity contribution in [2.75, 3.05) is 12.4 Å². The number of hydrogen-bond donors (Lipinski definition) is 1. The fraction of sp³-hybridized carbons (Fsp3) is 0.222. The molecule has 0 amide bonds. The molecule has 0 bridgehead atoms. The van der Waals surface area contributed by atoms with Crippen LogP contribution in [0.15, 0.2) is 42.5 Å². The van der Waals surface area contributed by atoms with Crippen molar-refractivity contribution in [1.82, 2.24) is 0 Å². The second kappa shape index (κ2) is 6.16. The van der Waals surface area contributed by atoms with Crippen LogP contribution < -0.4 is 10.1 Å². The molecule has 0 saturated heterocycles. The molecule has 1 atom stereocenters. The van der Waals surface area contributed by atoms with Crippen LogP contribution in [-0.4, -0.2) is 7.11 Å². The van der Waals surface area contributed by atoms with E-state index in [0.717, 1.165) is 22.6 Å². The van der Waals surface area contributed by atoms with Crippen LogP contribution in [0.5, 0.6) is 5.75 Å². The summed E-state index contributed by atoms with van der Waals surface area (Å²) in [5.41, 5.74) is 4.24. The van der Waals surface area contributed by atoms with Crippen molar-refractivity contribution in [1.29, 1.82) is 0 Å². The summed E-state index contributed by atoms with van der Waals surface area (Å²) < 4.78 is 5.43. The first-order chi connectivity index (χ1) is 9.63. The Bertz CT molecular complexity index is 640. The molecule has 0 radical (unpaired) electrons. The second-order valence-corrected chi connectivity index (χ2v) is 4.84. The van der Waals surface area contributed by atoms with Crippen LogP contribution >= 0.6 is 0 Å². The number of hydrogen-bond acceptors (Lipinski definition) is 2.